The quantitative estimate of drug-likeness (QED) is 0.633. The van der Waals surface area contributed by atoms with Crippen LogP contribution in [0.2, 0.25) is 0 Å². The summed E-state index contributed by atoms with van der Waals surface area (Å²) in [5.41, 5.74) is 0.695. The van der Waals surface area contributed by atoms with Gasteiger partial charge in [-0.2, -0.15) is 0 Å². The second-order valence-corrected chi connectivity index (χ2v) is 8.26. The third-order valence-corrected chi connectivity index (χ3v) is 6.33. The van der Waals surface area contributed by atoms with Crippen molar-refractivity contribution in [2.45, 2.75) is 44.9 Å². The summed E-state index contributed by atoms with van der Waals surface area (Å²) in [5.74, 6) is 2.24. The average molecular weight is 389 g/mol. The Labute approximate surface area is 170 Å². The van der Waals surface area contributed by atoms with Crippen LogP contribution >= 0.6 is 0 Å². The minimum atomic E-state index is 0.156. The maximum absolute atomic E-state index is 12.7. The number of ketones is 1. The van der Waals surface area contributed by atoms with E-state index in [1.165, 1.54) is 64.6 Å². The van der Waals surface area contributed by atoms with Crippen molar-refractivity contribution in [3.05, 3.63) is 23.8 Å². The van der Waals surface area contributed by atoms with E-state index in [0.717, 1.165) is 19.0 Å². The number of ether oxygens (including phenoxy) is 2. The first-order valence-corrected chi connectivity index (χ1v) is 10.9. The molecule has 0 unspecified atom stereocenters. The van der Waals surface area contributed by atoms with E-state index in [1.807, 2.05) is 6.07 Å². The summed E-state index contributed by atoms with van der Waals surface area (Å²) >= 11 is 0. The molecule has 1 aromatic rings. The molecule has 0 aromatic heterocycles. The predicted octanol–water partition coefficient (Wildman–Crippen LogP) is 3.86. The van der Waals surface area contributed by atoms with Crippen LogP contribution in [0.3, 0.4) is 0 Å². The molecular weight excluding hydrogens is 352 g/mol. The third kappa shape index (κ3) is 5.95. The highest BCUT2D eigenvalue weighted by Gasteiger charge is 2.22. The molecule has 0 aliphatic carbocycles. The molecule has 2 aliphatic heterocycles. The summed E-state index contributed by atoms with van der Waals surface area (Å²) in [4.78, 5) is 17.7. The van der Waals surface area contributed by atoms with Crippen LogP contribution in [-0.2, 0) is 0 Å². The molecule has 0 saturated carbocycles. The van der Waals surface area contributed by atoms with E-state index in [1.54, 1.807) is 26.4 Å². The molecule has 0 bridgehead atoms. The number of hydrogen-bond acceptors (Lipinski definition) is 5. The van der Waals surface area contributed by atoms with Gasteiger partial charge in [-0.05, 0) is 88.9 Å². The van der Waals surface area contributed by atoms with Gasteiger partial charge >= 0.3 is 0 Å². The van der Waals surface area contributed by atoms with Crippen molar-refractivity contribution in [3.63, 3.8) is 0 Å². The summed E-state index contributed by atoms with van der Waals surface area (Å²) in [6, 6.07) is 5.42. The van der Waals surface area contributed by atoms with E-state index in [0.29, 0.717) is 23.6 Å². The third-order valence-electron chi connectivity index (χ3n) is 6.33. The molecule has 2 saturated heterocycles. The number of nitrogens with zero attached hydrogens (tertiary/aromatic N) is 2. The van der Waals surface area contributed by atoms with Crippen molar-refractivity contribution in [2.75, 3.05) is 53.5 Å². The Kier molecular flexibility index (Phi) is 8.16. The van der Waals surface area contributed by atoms with Crippen molar-refractivity contribution >= 4 is 5.78 Å². The van der Waals surface area contributed by atoms with Crippen LogP contribution < -0.4 is 9.47 Å². The number of likely N-dealkylation sites (tertiary alicyclic amines) is 2. The lowest BCUT2D eigenvalue weighted by Gasteiger charge is -2.32. The zero-order valence-corrected chi connectivity index (χ0v) is 17.6. The fourth-order valence-electron chi connectivity index (χ4n) is 4.46. The first-order valence-electron chi connectivity index (χ1n) is 10.9. The highest BCUT2D eigenvalue weighted by molar-refractivity contribution is 5.98. The van der Waals surface area contributed by atoms with Gasteiger partial charge in [-0.1, -0.05) is 12.8 Å². The molecular formula is C23H36N2O3. The van der Waals surface area contributed by atoms with Gasteiger partial charge in [0.2, 0.25) is 0 Å². The molecule has 0 atom stereocenters. The Balaban J connectivity index is 1.41. The van der Waals surface area contributed by atoms with Gasteiger partial charge < -0.3 is 14.4 Å². The summed E-state index contributed by atoms with van der Waals surface area (Å²) in [7, 11) is 3.21. The molecule has 2 fully saturated rings. The lowest BCUT2D eigenvalue weighted by atomic mass is 9.93. The topological polar surface area (TPSA) is 42.0 Å². The first kappa shape index (κ1) is 21.1. The fraction of sp³-hybridized carbons (Fsp3) is 0.696. The molecule has 0 radical (unpaired) electrons. The van der Waals surface area contributed by atoms with Crippen molar-refractivity contribution in [2.24, 2.45) is 5.92 Å². The van der Waals surface area contributed by atoms with Crippen LogP contribution in [0.1, 0.15) is 55.3 Å². The Morgan fingerprint density at radius 1 is 0.929 bits per heavy atom. The summed E-state index contributed by atoms with van der Waals surface area (Å²) in [6.45, 7) is 6.40. The smallest absolute Gasteiger partial charge is 0.176 e. The number of rotatable bonds is 8. The number of carbonyl (C=O) groups excluding carboxylic acids is 1. The molecule has 5 nitrogen and oxygen atoms in total. The highest BCUT2D eigenvalue weighted by Crippen LogP contribution is 2.28. The maximum atomic E-state index is 12.7. The standard InChI is InChI=1S/C23H36N2O3/c1-27-22-8-7-20(17-23(22)28-2)21(26)18-25-15-10-19(11-16-25)9-14-24-12-5-3-4-6-13-24/h7-8,17,19H,3-6,9-16,18H2,1-2H3. The number of carbonyl (C=O) groups is 1. The molecule has 28 heavy (non-hydrogen) atoms. The molecule has 0 N–H and O–H groups in total. The Morgan fingerprint density at radius 2 is 1.61 bits per heavy atom. The normalized spacial score (nSPS) is 19.9. The lowest BCUT2D eigenvalue weighted by Crippen LogP contribution is -2.38. The molecule has 3 rings (SSSR count). The number of piperidine rings is 1. The van der Waals surface area contributed by atoms with E-state index in [-0.39, 0.29) is 5.78 Å². The average Bonchev–Trinajstić information content (AvgIpc) is 3.01. The van der Waals surface area contributed by atoms with Crippen LogP contribution in [0.15, 0.2) is 18.2 Å². The largest absolute Gasteiger partial charge is 0.493 e. The molecule has 0 amide bonds. The van der Waals surface area contributed by atoms with Crippen LogP contribution in [0.4, 0.5) is 0 Å². The molecule has 0 spiro atoms. The zero-order valence-electron chi connectivity index (χ0n) is 17.6. The highest BCUT2D eigenvalue weighted by atomic mass is 16.5. The SMILES string of the molecule is COc1ccc(C(=O)CN2CCC(CCN3CCCCCC3)CC2)cc1OC. The minimum absolute atomic E-state index is 0.156. The Morgan fingerprint density at radius 3 is 2.25 bits per heavy atom. The van der Waals surface area contributed by atoms with Crippen molar-refractivity contribution < 1.29 is 14.3 Å². The Bertz CT molecular complexity index is 618. The monoisotopic (exact) mass is 388 g/mol. The number of methoxy groups -OCH3 is 2. The second kappa shape index (κ2) is 10.8. The van der Waals surface area contributed by atoms with E-state index in [2.05, 4.69) is 9.80 Å². The lowest BCUT2D eigenvalue weighted by molar-refractivity contribution is 0.0888. The van der Waals surface area contributed by atoms with E-state index >= 15 is 0 Å². The van der Waals surface area contributed by atoms with Crippen molar-refractivity contribution in [3.8, 4) is 11.5 Å². The van der Waals surface area contributed by atoms with Crippen LogP contribution in [0.5, 0.6) is 11.5 Å². The first-order chi connectivity index (χ1) is 13.7. The van der Waals surface area contributed by atoms with Crippen LogP contribution in [0.25, 0.3) is 0 Å². The van der Waals surface area contributed by atoms with E-state index < -0.39 is 0 Å². The summed E-state index contributed by atoms with van der Waals surface area (Å²) < 4.78 is 10.6. The van der Waals surface area contributed by atoms with Gasteiger partial charge in [0, 0.05) is 5.56 Å². The fourth-order valence-corrected chi connectivity index (χ4v) is 4.46. The number of hydrogen-bond donors (Lipinski definition) is 0. The van der Waals surface area contributed by atoms with E-state index in [4.69, 9.17) is 9.47 Å². The van der Waals surface area contributed by atoms with Gasteiger partial charge in [-0.25, -0.2) is 0 Å². The molecule has 2 heterocycles. The molecule has 2 aliphatic rings. The van der Waals surface area contributed by atoms with Crippen LogP contribution in [-0.4, -0.2) is 69.1 Å². The van der Waals surface area contributed by atoms with Gasteiger partial charge in [0.15, 0.2) is 17.3 Å². The Hall–Kier alpha value is -1.59. The molecule has 1 aromatic carbocycles. The van der Waals surface area contributed by atoms with Gasteiger partial charge in [0.05, 0.1) is 20.8 Å². The number of benzene rings is 1. The van der Waals surface area contributed by atoms with Gasteiger partial charge in [-0.15, -0.1) is 0 Å². The van der Waals surface area contributed by atoms with Crippen molar-refractivity contribution in [1.29, 1.82) is 0 Å². The van der Waals surface area contributed by atoms with Crippen LogP contribution in [0, 0.1) is 5.92 Å². The number of Topliss-reactive ketones (excluding diaryl/α,β-unsaturated/α-hetero) is 1. The predicted molar refractivity (Wildman–Crippen MR) is 113 cm³/mol. The van der Waals surface area contributed by atoms with Gasteiger partial charge in [0.25, 0.3) is 0 Å². The zero-order chi connectivity index (χ0) is 19.8. The van der Waals surface area contributed by atoms with Gasteiger partial charge in [0.1, 0.15) is 0 Å². The molecule has 156 valence electrons. The van der Waals surface area contributed by atoms with Crippen molar-refractivity contribution in [1.82, 2.24) is 9.80 Å². The minimum Gasteiger partial charge on any atom is -0.493 e. The van der Waals surface area contributed by atoms with E-state index in [9.17, 15) is 4.79 Å². The maximum Gasteiger partial charge on any atom is 0.176 e. The molecule has 5 heteroatoms. The summed E-state index contributed by atoms with van der Waals surface area (Å²) in [5, 5.41) is 0. The second-order valence-electron chi connectivity index (χ2n) is 8.26. The van der Waals surface area contributed by atoms with Gasteiger partial charge in [-0.3, -0.25) is 9.69 Å². The summed E-state index contributed by atoms with van der Waals surface area (Å²) in [6.07, 6.45) is 9.30.